The number of nitrogens with one attached hydrogen (secondary N) is 2. The van der Waals surface area contributed by atoms with Crippen molar-refractivity contribution in [1.82, 2.24) is 5.32 Å². The molecule has 0 bridgehead atoms. The molecule has 2 amide bonds. The molecule has 0 heterocycles. The topological polar surface area (TPSA) is 78.4 Å². The molecule has 1 aliphatic carbocycles. The lowest BCUT2D eigenvalue weighted by molar-refractivity contribution is 0.0697. The minimum atomic E-state index is -1.17. The van der Waals surface area contributed by atoms with Crippen LogP contribution in [-0.2, 0) is 0 Å². The van der Waals surface area contributed by atoms with Crippen LogP contribution in [0.3, 0.4) is 0 Å². The Hall–Kier alpha value is -2.11. The number of benzene rings is 1. The highest BCUT2D eigenvalue weighted by Gasteiger charge is 2.23. The van der Waals surface area contributed by atoms with Gasteiger partial charge in [-0.05, 0) is 31.0 Å². The molecule has 0 aromatic heterocycles. The summed E-state index contributed by atoms with van der Waals surface area (Å²) in [6, 6.07) is 2.87. The molecule has 6 heteroatoms. The van der Waals surface area contributed by atoms with E-state index in [1.54, 1.807) is 0 Å². The second-order valence-corrected chi connectivity index (χ2v) is 3.87. The fourth-order valence-corrected chi connectivity index (χ4v) is 1.33. The van der Waals surface area contributed by atoms with Crippen LogP contribution in [0.4, 0.5) is 14.9 Å². The monoisotopic (exact) mass is 238 g/mol. The van der Waals surface area contributed by atoms with Gasteiger partial charge in [-0.25, -0.2) is 14.0 Å². The first-order valence-corrected chi connectivity index (χ1v) is 5.16. The highest BCUT2D eigenvalue weighted by atomic mass is 19.1. The number of carbonyl (C=O) groups excluding carboxylic acids is 1. The molecule has 0 radical (unpaired) electrons. The van der Waals surface area contributed by atoms with Crippen LogP contribution >= 0.6 is 0 Å². The Morgan fingerprint density at radius 3 is 2.65 bits per heavy atom. The average molecular weight is 238 g/mol. The van der Waals surface area contributed by atoms with Crippen molar-refractivity contribution >= 4 is 17.7 Å². The molecule has 1 aliphatic rings. The van der Waals surface area contributed by atoms with Gasteiger partial charge in [0.15, 0.2) is 0 Å². The first kappa shape index (κ1) is 11.4. The van der Waals surface area contributed by atoms with Crippen molar-refractivity contribution in [1.29, 1.82) is 0 Å². The van der Waals surface area contributed by atoms with Crippen LogP contribution in [0.1, 0.15) is 23.2 Å². The fraction of sp³-hybridized carbons (Fsp3) is 0.273. The molecule has 17 heavy (non-hydrogen) atoms. The van der Waals surface area contributed by atoms with Gasteiger partial charge >= 0.3 is 12.0 Å². The number of amides is 2. The molecule has 0 saturated heterocycles. The summed E-state index contributed by atoms with van der Waals surface area (Å²) in [5, 5.41) is 13.6. The zero-order valence-corrected chi connectivity index (χ0v) is 8.87. The van der Waals surface area contributed by atoms with Crippen molar-refractivity contribution < 1.29 is 19.1 Å². The van der Waals surface area contributed by atoms with Gasteiger partial charge in [-0.1, -0.05) is 0 Å². The minimum Gasteiger partial charge on any atom is -0.478 e. The molecule has 90 valence electrons. The highest BCUT2D eigenvalue weighted by Crippen LogP contribution is 2.20. The molecule has 5 nitrogen and oxygen atoms in total. The molecular weight excluding hydrogens is 227 g/mol. The zero-order valence-electron chi connectivity index (χ0n) is 8.87. The number of hydrogen-bond donors (Lipinski definition) is 3. The normalized spacial score (nSPS) is 14.2. The third-order valence-electron chi connectivity index (χ3n) is 2.37. The number of halogens is 1. The maximum absolute atomic E-state index is 13.3. The van der Waals surface area contributed by atoms with Gasteiger partial charge in [-0.2, -0.15) is 0 Å². The number of anilines is 1. The largest absolute Gasteiger partial charge is 0.478 e. The number of rotatable bonds is 3. The maximum Gasteiger partial charge on any atom is 0.335 e. The Balaban J connectivity index is 2.09. The molecule has 1 aromatic rings. The molecule has 0 unspecified atom stereocenters. The number of carbonyl (C=O) groups is 2. The van der Waals surface area contributed by atoms with Crippen LogP contribution in [-0.4, -0.2) is 23.1 Å². The van der Waals surface area contributed by atoms with Gasteiger partial charge < -0.3 is 15.7 Å². The first-order chi connectivity index (χ1) is 8.06. The lowest BCUT2D eigenvalue weighted by Crippen LogP contribution is -2.30. The van der Waals surface area contributed by atoms with Crippen LogP contribution in [0.15, 0.2) is 18.2 Å². The van der Waals surface area contributed by atoms with Crippen LogP contribution in [0, 0.1) is 5.82 Å². The van der Waals surface area contributed by atoms with Gasteiger partial charge in [-0.15, -0.1) is 0 Å². The zero-order chi connectivity index (χ0) is 12.4. The van der Waals surface area contributed by atoms with Crippen molar-refractivity contribution in [2.24, 2.45) is 0 Å². The molecule has 1 saturated carbocycles. The molecular formula is C11H11FN2O3. The van der Waals surface area contributed by atoms with Crippen LogP contribution in [0.2, 0.25) is 0 Å². The lowest BCUT2D eigenvalue weighted by Gasteiger charge is -2.08. The highest BCUT2D eigenvalue weighted by molar-refractivity contribution is 5.93. The van der Waals surface area contributed by atoms with Gasteiger partial charge in [0.2, 0.25) is 0 Å². The Morgan fingerprint density at radius 1 is 1.35 bits per heavy atom. The standard InChI is InChI=1S/C11H11FN2O3/c12-8-4-1-6(10(15)16)5-9(8)14-11(17)13-7-2-3-7/h1,4-5,7H,2-3H2,(H,15,16)(H2,13,14,17). The molecule has 1 aromatic carbocycles. The minimum absolute atomic E-state index is 0.0758. The van der Waals surface area contributed by atoms with E-state index >= 15 is 0 Å². The van der Waals surface area contributed by atoms with Crippen LogP contribution in [0.25, 0.3) is 0 Å². The number of carboxylic acid groups (broad SMARTS) is 1. The van der Waals surface area contributed by atoms with Crippen LogP contribution in [0.5, 0.6) is 0 Å². The van der Waals surface area contributed by atoms with E-state index in [0.29, 0.717) is 0 Å². The lowest BCUT2D eigenvalue weighted by atomic mass is 10.2. The number of hydrogen-bond acceptors (Lipinski definition) is 2. The summed E-state index contributed by atoms with van der Waals surface area (Å²) in [7, 11) is 0. The predicted octanol–water partition coefficient (Wildman–Crippen LogP) is 1.81. The number of carboxylic acids is 1. The first-order valence-electron chi connectivity index (χ1n) is 5.16. The summed E-state index contributed by atoms with van der Waals surface area (Å²) in [6.07, 6.45) is 1.84. The van der Waals surface area contributed by atoms with Crippen molar-refractivity contribution in [3.8, 4) is 0 Å². The summed E-state index contributed by atoms with van der Waals surface area (Å²) < 4.78 is 13.3. The Bertz CT molecular complexity index is 472. The van der Waals surface area contributed by atoms with Gasteiger partial charge in [0.05, 0.1) is 11.3 Å². The molecule has 1 fully saturated rings. The molecule has 0 aliphatic heterocycles. The summed E-state index contributed by atoms with van der Waals surface area (Å²) in [6.45, 7) is 0. The van der Waals surface area contributed by atoms with Gasteiger partial charge in [0, 0.05) is 6.04 Å². The third-order valence-corrected chi connectivity index (χ3v) is 2.37. The average Bonchev–Trinajstić information content (AvgIpc) is 3.04. The molecule has 0 spiro atoms. The molecule has 0 atom stereocenters. The van der Waals surface area contributed by atoms with Gasteiger partial charge in [0.25, 0.3) is 0 Å². The second-order valence-electron chi connectivity index (χ2n) is 3.87. The van der Waals surface area contributed by atoms with Gasteiger partial charge in [0.1, 0.15) is 5.82 Å². The summed E-state index contributed by atoms with van der Waals surface area (Å²) in [4.78, 5) is 22.0. The fourth-order valence-electron chi connectivity index (χ4n) is 1.33. The van der Waals surface area contributed by atoms with E-state index in [9.17, 15) is 14.0 Å². The second kappa shape index (κ2) is 4.40. The number of aromatic carboxylic acids is 1. The summed E-state index contributed by atoms with van der Waals surface area (Å²) in [5.74, 6) is -1.84. The van der Waals surface area contributed by atoms with Crippen molar-refractivity contribution in [3.05, 3.63) is 29.6 Å². The summed E-state index contributed by atoms with van der Waals surface area (Å²) in [5.41, 5.74) is -0.212. The van der Waals surface area contributed by atoms with Crippen LogP contribution < -0.4 is 10.6 Å². The van der Waals surface area contributed by atoms with E-state index in [1.165, 1.54) is 0 Å². The van der Waals surface area contributed by atoms with E-state index in [0.717, 1.165) is 31.0 Å². The van der Waals surface area contributed by atoms with E-state index in [-0.39, 0.29) is 17.3 Å². The number of urea groups is 1. The Morgan fingerprint density at radius 2 is 2.06 bits per heavy atom. The summed E-state index contributed by atoms with van der Waals surface area (Å²) >= 11 is 0. The van der Waals surface area contributed by atoms with Crippen molar-refractivity contribution in [2.75, 3.05) is 5.32 Å². The maximum atomic E-state index is 13.3. The molecule has 3 N–H and O–H groups in total. The Labute approximate surface area is 96.6 Å². The quantitative estimate of drug-likeness (QED) is 0.751. The van der Waals surface area contributed by atoms with Crippen molar-refractivity contribution in [2.45, 2.75) is 18.9 Å². The van der Waals surface area contributed by atoms with E-state index < -0.39 is 17.8 Å². The third kappa shape index (κ3) is 2.93. The SMILES string of the molecule is O=C(Nc1cc(C(=O)O)ccc1F)NC1CC1. The predicted molar refractivity (Wildman–Crippen MR) is 58.5 cm³/mol. The van der Waals surface area contributed by atoms with Crippen molar-refractivity contribution in [3.63, 3.8) is 0 Å². The smallest absolute Gasteiger partial charge is 0.335 e. The van der Waals surface area contributed by atoms with E-state index in [4.69, 9.17) is 5.11 Å². The Kier molecular flexibility index (Phi) is 2.95. The van der Waals surface area contributed by atoms with E-state index in [1.807, 2.05) is 0 Å². The molecule has 2 rings (SSSR count). The van der Waals surface area contributed by atoms with Gasteiger partial charge in [-0.3, -0.25) is 0 Å². The van der Waals surface area contributed by atoms with E-state index in [2.05, 4.69) is 10.6 Å².